The molecule has 0 radical (unpaired) electrons. The minimum absolute atomic E-state index is 0.0325. The van der Waals surface area contributed by atoms with Crippen molar-refractivity contribution in [3.05, 3.63) is 58.4 Å². The third-order valence-corrected chi connectivity index (χ3v) is 10.8. The second-order valence-corrected chi connectivity index (χ2v) is 14.4. The number of hydrogen-bond acceptors (Lipinski definition) is 16. The van der Waals surface area contributed by atoms with Gasteiger partial charge in [0, 0.05) is 17.4 Å². The Kier molecular flexibility index (Phi) is 9.46. The largest absolute Gasteiger partial charge is 0.508 e. The first-order chi connectivity index (χ1) is 24.4. The number of phenolic OH excluding ortho intramolecular Hbond substituents is 1. The van der Waals surface area contributed by atoms with Crippen LogP contribution in [0.1, 0.15) is 37.8 Å². The number of ketones is 2. The first kappa shape index (κ1) is 39.5. The van der Waals surface area contributed by atoms with Crippen LogP contribution >= 0.6 is 0 Å². The normalized spacial score (nSPS) is 35.5. The van der Waals surface area contributed by atoms with E-state index in [0.29, 0.717) is 0 Å². The van der Waals surface area contributed by atoms with Crippen LogP contribution in [0.5, 0.6) is 5.75 Å². The van der Waals surface area contributed by atoms with Gasteiger partial charge in [0.05, 0.1) is 30.4 Å². The molecule has 3 saturated heterocycles. The minimum Gasteiger partial charge on any atom is -0.508 e. The molecule has 288 valence electrons. The highest BCUT2D eigenvalue weighted by atomic mass is 16.5. The summed E-state index contributed by atoms with van der Waals surface area (Å²) in [7, 11) is 3.01. The molecular weight excluding hydrogens is 704 g/mol. The molecule has 1 saturated carbocycles. The lowest BCUT2D eigenvalue weighted by molar-refractivity contribution is -0.230. The van der Waals surface area contributed by atoms with E-state index in [-0.39, 0.29) is 36.1 Å². The fraction of sp³-hybridized carbons (Fsp3) is 0.500. The number of rotatable bonds is 5. The molecule has 13 N–H and O–H groups in total. The summed E-state index contributed by atoms with van der Waals surface area (Å²) in [5, 5.41) is 98.5. The number of hydrogen-bond donors (Lipinski definition) is 12. The van der Waals surface area contributed by atoms with Crippen LogP contribution in [-0.2, 0) is 34.3 Å². The van der Waals surface area contributed by atoms with E-state index >= 15 is 0 Å². The number of phenols is 1. The van der Waals surface area contributed by atoms with Crippen molar-refractivity contribution < 1.29 is 74.7 Å². The van der Waals surface area contributed by atoms with Gasteiger partial charge in [0.2, 0.25) is 11.5 Å². The number of carbonyl (C=O) groups is 5. The van der Waals surface area contributed by atoms with Gasteiger partial charge in [-0.15, -0.1) is 0 Å². The molecule has 1 aromatic rings. The van der Waals surface area contributed by atoms with Crippen molar-refractivity contribution in [2.45, 2.75) is 67.1 Å². The number of aromatic hydroxyl groups is 1. The molecule has 0 spiro atoms. The van der Waals surface area contributed by atoms with E-state index in [9.17, 15) is 64.8 Å². The van der Waals surface area contributed by atoms with E-state index < -0.39 is 117 Å². The Morgan fingerprint density at radius 2 is 1.74 bits per heavy atom. The fourth-order valence-electron chi connectivity index (χ4n) is 7.79. The summed E-state index contributed by atoms with van der Waals surface area (Å²) in [6.45, 7) is 5.00. The van der Waals surface area contributed by atoms with Crippen molar-refractivity contribution in [1.29, 1.82) is 0 Å². The van der Waals surface area contributed by atoms with Crippen molar-refractivity contribution in [2.24, 2.45) is 17.6 Å². The lowest BCUT2D eigenvalue weighted by Gasteiger charge is -2.53. The van der Waals surface area contributed by atoms with Crippen LogP contribution in [0.2, 0.25) is 0 Å². The van der Waals surface area contributed by atoms with Crippen molar-refractivity contribution in [2.75, 3.05) is 27.3 Å². The third-order valence-electron chi connectivity index (χ3n) is 10.8. The first-order valence-electron chi connectivity index (χ1n) is 16.3. The van der Waals surface area contributed by atoms with Gasteiger partial charge in [-0.05, 0) is 58.0 Å². The first-order valence-corrected chi connectivity index (χ1v) is 16.3. The summed E-state index contributed by atoms with van der Waals surface area (Å²) in [4.78, 5) is 64.3. The molecule has 2 bridgehead atoms. The molecule has 3 aliphatic carbocycles. The van der Waals surface area contributed by atoms with Gasteiger partial charge >= 0.3 is 0 Å². The second kappa shape index (κ2) is 12.7. The molecule has 3 amide bonds. The number of nitrogens with zero attached hydrogens (tertiary/aromatic N) is 1. The Hall–Kier alpha value is -4.73. The van der Waals surface area contributed by atoms with Gasteiger partial charge < -0.3 is 67.1 Å². The number of nitrogens with two attached hydrogens (primary N) is 1. The summed E-state index contributed by atoms with van der Waals surface area (Å²) >= 11 is 0. The van der Waals surface area contributed by atoms with E-state index in [4.69, 9.17) is 15.6 Å². The number of benzene rings is 1. The van der Waals surface area contributed by atoms with Gasteiger partial charge in [-0.25, -0.2) is 0 Å². The van der Waals surface area contributed by atoms with Crippen molar-refractivity contribution in [3.63, 3.8) is 0 Å². The number of piperazine rings is 1. The number of fused-ring (bicyclic) bond motifs is 8. The average molecular weight is 747 g/mol. The quantitative estimate of drug-likeness (QED) is 0.102. The molecule has 0 aromatic heterocycles. The summed E-state index contributed by atoms with van der Waals surface area (Å²) in [5.74, 6) is -9.99. The molecule has 1 aromatic carbocycles. The molecule has 0 unspecified atom stereocenters. The topological polar surface area (TPSA) is 330 Å². The van der Waals surface area contributed by atoms with E-state index in [1.54, 1.807) is 0 Å². The molecule has 19 nitrogen and oxygen atoms in total. The Labute approximate surface area is 301 Å². The number of ether oxygens (including phenoxy) is 1. The standard InChI is InChI=1S/C22H24N2O8.C12H18N2O7/c1-21(31)8-5-4-6-11(25)12(8)16(26)13-9(21)7-10-15(24(2)3)17(27)14(20(23)30)19(29)22(10,32)18(13)28;1-6-3-4-21-12(7(16)10(2,19)5-15)9(18)13-11(6,20)8(17)14-12/h4-6,9-10,15,25-26,29,31-32H,7H2,1-3H3,(H2,23,30);7,15-16,19-20H,1,3-5H2,2H3,(H,13,18)(H,14,17)/t9-,10-,15-,21+,22-;7-,10-,11+,12+/m00/s1. The Bertz CT molecular complexity index is 1900. The predicted molar refractivity (Wildman–Crippen MR) is 178 cm³/mol. The van der Waals surface area contributed by atoms with Gasteiger partial charge in [0.15, 0.2) is 11.4 Å². The summed E-state index contributed by atoms with van der Waals surface area (Å²) in [5.41, 5.74) is -7.24. The molecule has 3 aliphatic heterocycles. The molecule has 53 heavy (non-hydrogen) atoms. The Balaban J connectivity index is 0.000000224. The number of likely N-dealkylation sites (N-methyl/N-ethyl adjacent to an activating group) is 1. The van der Waals surface area contributed by atoms with E-state index in [0.717, 1.165) is 6.92 Å². The van der Waals surface area contributed by atoms with Gasteiger partial charge in [-0.3, -0.25) is 28.9 Å². The van der Waals surface area contributed by atoms with Gasteiger partial charge in [-0.1, -0.05) is 18.7 Å². The van der Waals surface area contributed by atoms with E-state index in [2.05, 4.69) is 11.9 Å². The van der Waals surface area contributed by atoms with Crippen LogP contribution in [0.25, 0.3) is 5.76 Å². The van der Waals surface area contributed by atoms with Crippen LogP contribution in [0.15, 0.2) is 47.3 Å². The van der Waals surface area contributed by atoms with E-state index in [1.807, 2.05) is 5.32 Å². The second-order valence-electron chi connectivity index (χ2n) is 14.4. The Morgan fingerprint density at radius 3 is 2.30 bits per heavy atom. The number of carbonyl (C=O) groups excluding carboxylic acids is 5. The van der Waals surface area contributed by atoms with Crippen molar-refractivity contribution in [3.8, 4) is 5.75 Å². The zero-order valence-corrected chi connectivity index (χ0v) is 29.1. The number of amides is 3. The summed E-state index contributed by atoms with van der Waals surface area (Å²) in [6.07, 6.45) is -2.11. The van der Waals surface area contributed by atoms with Crippen LogP contribution in [0, 0.1) is 11.8 Å². The Morgan fingerprint density at radius 1 is 1.11 bits per heavy atom. The highest BCUT2D eigenvalue weighted by Crippen LogP contribution is 2.57. The minimum atomic E-state index is -2.75. The number of Topliss-reactive ketones (excluding diaryl/α,β-unsaturated/α-hetero) is 2. The lowest BCUT2D eigenvalue weighted by Crippen LogP contribution is -2.82. The van der Waals surface area contributed by atoms with Crippen LogP contribution in [0.4, 0.5) is 0 Å². The molecule has 9 atom stereocenters. The number of primary amides is 1. The van der Waals surface area contributed by atoms with Crippen molar-refractivity contribution >= 4 is 35.0 Å². The zero-order chi connectivity index (χ0) is 40.0. The van der Waals surface area contributed by atoms with Gasteiger partial charge in [0.1, 0.15) is 34.5 Å². The lowest BCUT2D eigenvalue weighted by atomic mass is 9.54. The molecule has 19 heteroatoms. The fourth-order valence-corrected chi connectivity index (χ4v) is 7.79. The number of aliphatic hydroxyl groups excluding tert-OH is 4. The van der Waals surface area contributed by atoms with Crippen molar-refractivity contribution in [1.82, 2.24) is 15.5 Å². The number of nitrogens with one attached hydrogen (secondary N) is 2. The summed E-state index contributed by atoms with van der Waals surface area (Å²) in [6, 6.07) is 3.02. The number of aliphatic hydroxyl groups is 8. The molecule has 4 fully saturated rings. The summed E-state index contributed by atoms with van der Waals surface area (Å²) < 4.78 is 5.27. The van der Waals surface area contributed by atoms with Gasteiger partial charge in [-0.2, -0.15) is 0 Å². The SMILES string of the molecule is C=C1CCO[C@@]2([C@@H](O)[C@@](C)(O)CO)NC(=O)[C@@]1(O)NC2=O.CN(C)[C@@H]1C(=O)C(C(N)=O)=C(O)[C@@]2(O)C(=O)C3=C(O)c4c(O)cccc4[C@@](C)(O)[C@H]3C[C@@H]12. The predicted octanol–water partition coefficient (Wildman–Crippen LogP) is -3.67. The van der Waals surface area contributed by atoms with E-state index in [1.165, 1.54) is 44.1 Å². The average Bonchev–Trinajstić information content (AvgIpc) is 3.06. The molecule has 6 aliphatic rings. The smallest absolute Gasteiger partial charge is 0.280 e. The van der Waals surface area contributed by atoms with Gasteiger partial charge in [0.25, 0.3) is 23.4 Å². The molecule has 3 heterocycles. The van der Waals surface area contributed by atoms with Crippen LogP contribution in [-0.4, -0.2) is 142 Å². The highest BCUT2D eigenvalue weighted by molar-refractivity contribution is 6.24. The maximum Gasteiger partial charge on any atom is 0.280 e. The molecular formula is C34H42N4O15. The third kappa shape index (κ3) is 5.45. The molecule has 7 rings (SSSR count). The van der Waals surface area contributed by atoms with Crippen LogP contribution in [0.3, 0.4) is 0 Å². The maximum absolute atomic E-state index is 13.7. The monoisotopic (exact) mass is 746 g/mol. The highest BCUT2D eigenvalue weighted by Gasteiger charge is 2.67. The zero-order valence-electron chi connectivity index (χ0n) is 29.1. The van der Waals surface area contributed by atoms with Crippen LogP contribution < -0.4 is 16.4 Å². The maximum atomic E-state index is 13.7.